The van der Waals surface area contributed by atoms with Crippen LogP contribution in [0.3, 0.4) is 0 Å². The zero-order chi connectivity index (χ0) is 19.1. The van der Waals surface area contributed by atoms with E-state index in [9.17, 15) is 22.7 Å². The maximum absolute atomic E-state index is 13.6. The number of carbonyl (C=O) groups is 1. The number of aromatic carboxylic acids is 1. The number of H-pyrrole nitrogens is 1. The minimum Gasteiger partial charge on any atom is -0.495 e. The first-order valence-corrected chi connectivity index (χ1v) is 9.00. The quantitative estimate of drug-likeness (QED) is 0.609. The maximum atomic E-state index is 13.6. The van der Waals surface area contributed by atoms with Crippen molar-refractivity contribution in [1.29, 1.82) is 0 Å². The normalized spacial score (nSPS) is 11.5. The second-order valence-electron chi connectivity index (χ2n) is 5.27. The number of methoxy groups -OCH3 is 1. The number of fused-ring (bicyclic) bond motifs is 1. The van der Waals surface area contributed by atoms with Gasteiger partial charge < -0.3 is 14.8 Å². The first kappa shape index (κ1) is 18.0. The lowest BCUT2D eigenvalue weighted by Gasteiger charge is -2.12. The Balaban J connectivity index is 2.19. The summed E-state index contributed by atoms with van der Waals surface area (Å²) in [5, 5.41) is 9.57. The second-order valence-corrected chi connectivity index (χ2v) is 7.36. The van der Waals surface area contributed by atoms with Crippen LogP contribution in [0.25, 0.3) is 10.9 Å². The van der Waals surface area contributed by atoms with E-state index in [1.165, 1.54) is 31.4 Å². The van der Waals surface area contributed by atoms with Gasteiger partial charge in [0.1, 0.15) is 22.2 Å². The number of aromatic amines is 1. The van der Waals surface area contributed by atoms with Gasteiger partial charge in [0.15, 0.2) is 0 Å². The number of ether oxygens (including phenoxy) is 1. The summed E-state index contributed by atoms with van der Waals surface area (Å²) in [5.74, 6) is -2.03. The molecule has 3 rings (SSSR count). The highest BCUT2D eigenvalue weighted by Gasteiger charge is 2.26. The molecule has 10 heteroatoms. The molecule has 0 spiro atoms. The molecule has 1 heterocycles. The molecule has 0 aliphatic heterocycles. The number of rotatable bonds is 5. The molecule has 2 aromatic carbocycles. The van der Waals surface area contributed by atoms with Crippen molar-refractivity contribution in [3.63, 3.8) is 0 Å². The fourth-order valence-corrected chi connectivity index (χ4v) is 4.01. The van der Waals surface area contributed by atoms with E-state index >= 15 is 0 Å². The molecule has 136 valence electrons. The highest BCUT2D eigenvalue weighted by molar-refractivity contribution is 7.92. The lowest BCUT2D eigenvalue weighted by Crippen LogP contribution is -2.16. The molecule has 3 N–H and O–H groups in total. The molecule has 0 radical (unpaired) electrons. The number of halogens is 2. The van der Waals surface area contributed by atoms with E-state index in [0.29, 0.717) is 0 Å². The maximum Gasteiger partial charge on any atom is 0.354 e. The topological polar surface area (TPSA) is 108 Å². The largest absolute Gasteiger partial charge is 0.495 e. The van der Waals surface area contributed by atoms with Crippen molar-refractivity contribution in [3.8, 4) is 5.75 Å². The number of hydrogen-bond donors (Lipinski definition) is 3. The zero-order valence-corrected chi connectivity index (χ0v) is 14.8. The van der Waals surface area contributed by atoms with E-state index in [-0.39, 0.29) is 32.3 Å². The Kier molecular flexibility index (Phi) is 4.51. The Morgan fingerprint density at radius 2 is 2.00 bits per heavy atom. The van der Waals surface area contributed by atoms with Crippen LogP contribution in [0.4, 0.5) is 10.1 Å². The number of anilines is 1. The van der Waals surface area contributed by atoms with Crippen molar-refractivity contribution in [3.05, 3.63) is 52.9 Å². The minimum atomic E-state index is -4.27. The first-order valence-electron chi connectivity index (χ1n) is 7.14. The minimum absolute atomic E-state index is 0.0183. The molecule has 0 fully saturated rings. The summed E-state index contributed by atoms with van der Waals surface area (Å²) in [5.41, 5.74) is -0.441. The average Bonchev–Trinajstić information content (AvgIpc) is 2.92. The van der Waals surface area contributed by atoms with E-state index in [1.54, 1.807) is 0 Å². The Morgan fingerprint density at radius 1 is 1.27 bits per heavy atom. The van der Waals surface area contributed by atoms with Gasteiger partial charge >= 0.3 is 5.97 Å². The molecule has 0 aliphatic rings. The summed E-state index contributed by atoms with van der Waals surface area (Å²) >= 11 is 5.86. The third-order valence-corrected chi connectivity index (χ3v) is 5.23. The molecule has 0 amide bonds. The third kappa shape index (κ3) is 3.18. The van der Waals surface area contributed by atoms with Crippen LogP contribution in [0.1, 0.15) is 10.5 Å². The number of aromatic nitrogens is 1. The highest BCUT2D eigenvalue weighted by atomic mass is 35.5. The standard InChI is InChI=1S/C16H12ClFN2O5S/c1-25-12-5-2-8(17)6-13(12)26(23,24)20-14-10-7-9(18)3-4-11(10)19-15(14)16(21)22/h2-7,19-20H,1H3,(H,21,22). The fourth-order valence-electron chi connectivity index (χ4n) is 2.48. The van der Waals surface area contributed by atoms with Gasteiger partial charge in [0.05, 0.1) is 12.8 Å². The number of sulfonamides is 1. The Morgan fingerprint density at radius 3 is 2.65 bits per heavy atom. The van der Waals surface area contributed by atoms with Crippen LogP contribution in [-0.4, -0.2) is 31.6 Å². The van der Waals surface area contributed by atoms with Crippen molar-refractivity contribution >= 4 is 44.2 Å². The van der Waals surface area contributed by atoms with Crippen LogP contribution < -0.4 is 9.46 Å². The van der Waals surface area contributed by atoms with E-state index in [4.69, 9.17) is 16.3 Å². The summed E-state index contributed by atoms with van der Waals surface area (Å²) in [7, 11) is -2.99. The van der Waals surface area contributed by atoms with Gasteiger partial charge in [-0.05, 0) is 36.4 Å². The molecule has 7 nitrogen and oxygen atoms in total. The monoisotopic (exact) mass is 398 g/mol. The van der Waals surface area contributed by atoms with Crippen LogP contribution in [0.15, 0.2) is 41.3 Å². The van der Waals surface area contributed by atoms with Crippen molar-refractivity contribution in [2.75, 3.05) is 11.8 Å². The van der Waals surface area contributed by atoms with E-state index < -0.39 is 27.5 Å². The highest BCUT2D eigenvalue weighted by Crippen LogP contribution is 2.33. The van der Waals surface area contributed by atoms with Crippen LogP contribution in [0, 0.1) is 5.82 Å². The molecular formula is C16H12ClFN2O5S. The SMILES string of the molecule is COc1ccc(Cl)cc1S(=O)(=O)Nc1c(C(=O)O)[nH]c2ccc(F)cc12. The fraction of sp³-hybridized carbons (Fsp3) is 0.0625. The van der Waals surface area contributed by atoms with E-state index in [1.807, 2.05) is 0 Å². The van der Waals surface area contributed by atoms with Gasteiger partial charge in [0, 0.05) is 15.9 Å². The van der Waals surface area contributed by atoms with Gasteiger partial charge in [-0.1, -0.05) is 11.6 Å². The third-order valence-electron chi connectivity index (χ3n) is 3.63. The van der Waals surface area contributed by atoms with Gasteiger partial charge in [0.2, 0.25) is 0 Å². The number of carboxylic acid groups (broad SMARTS) is 1. The number of carboxylic acids is 1. The number of benzene rings is 2. The number of hydrogen-bond acceptors (Lipinski definition) is 4. The van der Waals surface area contributed by atoms with Crippen molar-refractivity contribution in [1.82, 2.24) is 4.98 Å². The molecule has 0 saturated heterocycles. The number of nitrogens with one attached hydrogen (secondary N) is 2. The molecule has 26 heavy (non-hydrogen) atoms. The van der Waals surface area contributed by atoms with Crippen molar-refractivity contribution in [2.24, 2.45) is 0 Å². The van der Waals surface area contributed by atoms with Crippen LogP contribution in [0.2, 0.25) is 5.02 Å². The smallest absolute Gasteiger partial charge is 0.354 e. The molecule has 0 bridgehead atoms. The second kappa shape index (κ2) is 6.50. The molecule has 0 atom stereocenters. The summed E-state index contributed by atoms with van der Waals surface area (Å²) < 4.78 is 46.4. The summed E-state index contributed by atoms with van der Waals surface area (Å²) in [6.07, 6.45) is 0. The van der Waals surface area contributed by atoms with Crippen molar-refractivity contribution < 1.29 is 27.4 Å². The first-order chi connectivity index (χ1) is 12.2. The molecule has 1 aromatic heterocycles. The Hall–Kier alpha value is -2.78. The van der Waals surface area contributed by atoms with Gasteiger partial charge in [-0.2, -0.15) is 0 Å². The zero-order valence-electron chi connectivity index (χ0n) is 13.2. The molecule has 0 aliphatic carbocycles. The van der Waals surface area contributed by atoms with Gasteiger partial charge in [0.25, 0.3) is 10.0 Å². The molecular weight excluding hydrogens is 387 g/mol. The molecule has 0 saturated carbocycles. The van der Waals surface area contributed by atoms with E-state index in [0.717, 1.165) is 12.1 Å². The van der Waals surface area contributed by atoms with Crippen LogP contribution in [0.5, 0.6) is 5.75 Å². The van der Waals surface area contributed by atoms with Gasteiger partial charge in [-0.15, -0.1) is 0 Å². The summed E-state index contributed by atoms with van der Waals surface area (Å²) in [6.45, 7) is 0. The lowest BCUT2D eigenvalue weighted by atomic mass is 10.2. The van der Waals surface area contributed by atoms with Gasteiger partial charge in [-0.25, -0.2) is 17.6 Å². The molecule has 0 unspecified atom stereocenters. The Bertz CT molecular complexity index is 1130. The molecule has 3 aromatic rings. The van der Waals surface area contributed by atoms with Gasteiger partial charge in [-0.3, -0.25) is 4.72 Å². The Labute approximate surface area is 152 Å². The summed E-state index contributed by atoms with van der Waals surface area (Å²) in [4.78, 5) is 13.7. The van der Waals surface area contributed by atoms with E-state index in [2.05, 4.69) is 9.71 Å². The summed E-state index contributed by atoms with van der Waals surface area (Å²) in [6, 6.07) is 7.45. The van der Waals surface area contributed by atoms with Crippen molar-refractivity contribution in [2.45, 2.75) is 4.90 Å². The van der Waals surface area contributed by atoms with Crippen LogP contribution >= 0.6 is 11.6 Å². The lowest BCUT2D eigenvalue weighted by molar-refractivity contribution is 0.0692. The average molecular weight is 399 g/mol. The van der Waals surface area contributed by atoms with Crippen LogP contribution in [-0.2, 0) is 10.0 Å². The predicted molar refractivity (Wildman–Crippen MR) is 94.0 cm³/mol. The predicted octanol–water partition coefficient (Wildman–Crippen LogP) is 3.47.